The quantitative estimate of drug-likeness (QED) is 0.637. The van der Waals surface area contributed by atoms with E-state index in [-0.39, 0.29) is 11.3 Å². The van der Waals surface area contributed by atoms with Crippen LogP contribution in [0.25, 0.3) is 0 Å². The number of ketones is 1. The first-order valence-corrected chi connectivity index (χ1v) is 5.08. The van der Waals surface area contributed by atoms with Crippen LogP contribution in [0.2, 0.25) is 0 Å². The van der Waals surface area contributed by atoms with Gasteiger partial charge in [0.05, 0.1) is 0 Å². The molecule has 1 nitrogen and oxygen atoms in total. The lowest BCUT2D eigenvalue weighted by atomic mass is 9.74. The summed E-state index contributed by atoms with van der Waals surface area (Å²) in [5.74, 6) is 1.15. The maximum absolute atomic E-state index is 11.7. The minimum atomic E-state index is 0.0847. The Morgan fingerprint density at radius 3 is 2.31 bits per heavy atom. The van der Waals surface area contributed by atoms with E-state index in [2.05, 4.69) is 34.6 Å². The molecular formula is C12H20O. The summed E-state index contributed by atoms with van der Waals surface area (Å²) in [6, 6.07) is 0. The van der Waals surface area contributed by atoms with Crippen LogP contribution in [0.5, 0.6) is 0 Å². The SMILES string of the molecule is CC1=CC(=O)C(CC(C)C)C1(C)C. The molecule has 0 spiro atoms. The summed E-state index contributed by atoms with van der Waals surface area (Å²) in [5.41, 5.74) is 1.32. The van der Waals surface area contributed by atoms with Gasteiger partial charge in [-0.3, -0.25) is 4.79 Å². The highest BCUT2D eigenvalue weighted by Crippen LogP contribution is 2.43. The molecule has 0 aromatic carbocycles. The number of hydrogen-bond donors (Lipinski definition) is 0. The molecule has 0 amide bonds. The molecule has 1 unspecified atom stereocenters. The van der Waals surface area contributed by atoms with Gasteiger partial charge in [0.1, 0.15) is 0 Å². The van der Waals surface area contributed by atoms with E-state index < -0.39 is 0 Å². The van der Waals surface area contributed by atoms with E-state index in [0.717, 1.165) is 6.42 Å². The maximum Gasteiger partial charge on any atom is 0.159 e. The second-order valence-corrected chi connectivity index (χ2v) is 5.13. The Morgan fingerprint density at radius 1 is 1.46 bits per heavy atom. The maximum atomic E-state index is 11.7. The summed E-state index contributed by atoms with van der Waals surface area (Å²) in [6.45, 7) is 10.8. The number of carbonyl (C=O) groups excluding carboxylic acids is 1. The zero-order chi connectivity index (χ0) is 10.2. The Morgan fingerprint density at radius 2 is 2.00 bits per heavy atom. The smallest absolute Gasteiger partial charge is 0.159 e. The third-order valence-electron chi connectivity index (χ3n) is 3.30. The molecule has 0 aliphatic heterocycles. The number of carbonyl (C=O) groups is 1. The van der Waals surface area contributed by atoms with Crippen molar-refractivity contribution in [3.8, 4) is 0 Å². The first kappa shape index (κ1) is 10.5. The Bertz CT molecular complexity index is 246. The lowest BCUT2D eigenvalue weighted by molar-refractivity contribution is -0.119. The third-order valence-corrected chi connectivity index (χ3v) is 3.30. The molecule has 0 radical (unpaired) electrons. The molecule has 0 N–H and O–H groups in total. The molecule has 74 valence electrons. The van der Waals surface area contributed by atoms with Crippen LogP contribution in [0.3, 0.4) is 0 Å². The molecule has 0 aromatic rings. The van der Waals surface area contributed by atoms with E-state index in [1.165, 1.54) is 5.57 Å². The van der Waals surface area contributed by atoms with Gasteiger partial charge in [0.2, 0.25) is 0 Å². The van der Waals surface area contributed by atoms with Crippen LogP contribution >= 0.6 is 0 Å². The fourth-order valence-electron chi connectivity index (χ4n) is 2.01. The Kier molecular flexibility index (Phi) is 2.65. The highest BCUT2D eigenvalue weighted by Gasteiger charge is 2.40. The summed E-state index contributed by atoms with van der Waals surface area (Å²) >= 11 is 0. The van der Waals surface area contributed by atoms with E-state index in [4.69, 9.17) is 0 Å². The van der Waals surface area contributed by atoms with Crippen LogP contribution in [0.15, 0.2) is 11.6 Å². The lowest BCUT2D eigenvalue weighted by Crippen LogP contribution is -2.26. The summed E-state index contributed by atoms with van der Waals surface area (Å²) < 4.78 is 0. The molecule has 0 heterocycles. The van der Waals surface area contributed by atoms with Gasteiger partial charge in [0.15, 0.2) is 5.78 Å². The molecule has 1 atom stereocenters. The van der Waals surface area contributed by atoms with Crippen molar-refractivity contribution >= 4 is 5.78 Å². The second-order valence-electron chi connectivity index (χ2n) is 5.13. The molecule has 13 heavy (non-hydrogen) atoms. The summed E-state index contributed by atoms with van der Waals surface area (Å²) in [5, 5.41) is 0. The van der Waals surface area contributed by atoms with Crippen LogP contribution in [0.4, 0.5) is 0 Å². The number of rotatable bonds is 2. The normalized spacial score (nSPS) is 26.8. The van der Waals surface area contributed by atoms with Gasteiger partial charge in [-0.25, -0.2) is 0 Å². The van der Waals surface area contributed by atoms with Gasteiger partial charge in [-0.15, -0.1) is 0 Å². The van der Waals surface area contributed by atoms with Crippen LogP contribution < -0.4 is 0 Å². The van der Waals surface area contributed by atoms with Crippen molar-refractivity contribution < 1.29 is 4.79 Å². The molecule has 0 fully saturated rings. The zero-order valence-corrected chi connectivity index (χ0v) is 9.35. The average Bonchev–Trinajstić information content (AvgIpc) is 2.13. The molecule has 1 rings (SSSR count). The highest BCUT2D eigenvalue weighted by molar-refractivity contribution is 5.96. The highest BCUT2D eigenvalue weighted by atomic mass is 16.1. The van der Waals surface area contributed by atoms with Crippen LogP contribution in [-0.2, 0) is 4.79 Å². The fraction of sp³-hybridized carbons (Fsp3) is 0.750. The van der Waals surface area contributed by atoms with Gasteiger partial charge in [0.25, 0.3) is 0 Å². The molecule has 0 aromatic heterocycles. The number of allylic oxidation sites excluding steroid dienone is 2. The van der Waals surface area contributed by atoms with Gasteiger partial charge in [-0.1, -0.05) is 33.3 Å². The predicted molar refractivity (Wildman–Crippen MR) is 55.5 cm³/mol. The second kappa shape index (κ2) is 3.28. The molecule has 0 saturated carbocycles. The van der Waals surface area contributed by atoms with Gasteiger partial charge >= 0.3 is 0 Å². The Hall–Kier alpha value is -0.590. The van der Waals surface area contributed by atoms with E-state index in [1.807, 2.05) is 6.08 Å². The predicted octanol–water partition coefficient (Wildman–Crippen LogP) is 3.20. The van der Waals surface area contributed by atoms with Crippen molar-refractivity contribution in [2.24, 2.45) is 17.3 Å². The molecular weight excluding hydrogens is 160 g/mol. The van der Waals surface area contributed by atoms with Crippen molar-refractivity contribution in [3.05, 3.63) is 11.6 Å². The first-order valence-electron chi connectivity index (χ1n) is 5.08. The van der Waals surface area contributed by atoms with E-state index in [1.54, 1.807) is 0 Å². The van der Waals surface area contributed by atoms with E-state index in [9.17, 15) is 4.79 Å². The van der Waals surface area contributed by atoms with Crippen molar-refractivity contribution in [1.82, 2.24) is 0 Å². The van der Waals surface area contributed by atoms with Gasteiger partial charge < -0.3 is 0 Å². The van der Waals surface area contributed by atoms with Gasteiger partial charge in [-0.2, -0.15) is 0 Å². The minimum Gasteiger partial charge on any atom is -0.295 e. The third kappa shape index (κ3) is 1.84. The summed E-state index contributed by atoms with van der Waals surface area (Å²) in [7, 11) is 0. The fourth-order valence-corrected chi connectivity index (χ4v) is 2.01. The largest absolute Gasteiger partial charge is 0.295 e. The van der Waals surface area contributed by atoms with Crippen molar-refractivity contribution in [2.75, 3.05) is 0 Å². The van der Waals surface area contributed by atoms with Gasteiger partial charge in [-0.05, 0) is 30.8 Å². The van der Waals surface area contributed by atoms with Crippen LogP contribution in [0, 0.1) is 17.3 Å². The summed E-state index contributed by atoms with van der Waals surface area (Å²) in [6.07, 6.45) is 2.84. The van der Waals surface area contributed by atoms with Gasteiger partial charge in [0, 0.05) is 5.92 Å². The molecule has 1 heteroatoms. The standard InChI is InChI=1S/C12H20O/c1-8(2)6-10-11(13)7-9(3)12(10,4)5/h7-8,10H,6H2,1-5H3. The average molecular weight is 180 g/mol. The molecule has 0 bridgehead atoms. The lowest BCUT2D eigenvalue weighted by Gasteiger charge is -2.29. The first-order chi connectivity index (χ1) is 5.85. The summed E-state index contributed by atoms with van der Waals surface area (Å²) in [4.78, 5) is 11.7. The number of hydrogen-bond acceptors (Lipinski definition) is 1. The van der Waals surface area contributed by atoms with Crippen molar-refractivity contribution in [3.63, 3.8) is 0 Å². The Balaban J connectivity index is 2.83. The monoisotopic (exact) mass is 180 g/mol. The van der Waals surface area contributed by atoms with Crippen LogP contribution in [0.1, 0.15) is 41.0 Å². The minimum absolute atomic E-state index is 0.0847. The van der Waals surface area contributed by atoms with E-state index in [0.29, 0.717) is 11.7 Å². The topological polar surface area (TPSA) is 17.1 Å². The van der Waals surface area contributed by atoms with Crippen molar-refractivity contribution in [1.29, 1.82) is 0 Å². The zero-order valence-electron chi connectivity index (χ0n) is 9.35. The Labute approximate surface area is 81.2 Å². The molecule has 1 aliphatic carbocycles. The molecule has 1 aliphatic rings. The van der Waals surface area contributed by atoms with Crippen molar-refractivity contribution in [2.45, 2.75) is 41.0 Å². The van der Waals surface area contributed by atoms with E-state index >= 15 is 0 Å². The van der Waals surface area contributed by atoms with Crippen LogP contribution in [-0.4, -0.2) is 5.78 Å². The molecule has 0 saturated heterocycles.